The monoisotopic (exact) mass is 248 g/mol. The van der Waals surface area contributed by atoms with Crippen molar-refractivity contribution in [2.75, 3.05) is 0 Å². The zero-order valence-corrected chi connectivity index (χ0v) is 11.6. The Hall–Kier alpha value is -1.35. The van der Waals surface area contributed by atoms with Crippen molar-refractivity contribution in [1.82, 2.24) is 10.6 Å². The molecule has 1 unspecified atom stereocenters. The van der Waals surface area contributed by atoms with E-state index in [1.165, 1.54) is 5.56 Å². The predicted octanol–water partition coefficient (Wildman–Crippen LogP) is 2.47. The molecule has 3 nitrogen and oxygen atoms in total. The number of hydrogen-bond acceptors (Lipinski definition) is 2. The molecule has 1 amide bonds. The minimum atomic E-state index is -0.161. The molecule has 0 aliphatic rings. The Morgan fingerprint density at radius 3 is 2.33 bits per heavy atom. The Balaban J connectivity index is 2.36. The van der Waals surface area contributed by atoms with Gasteiger partial charge < -0.3 is 10.6 Å². The van der Waals surface area contributed by atoms with Crippen molar-refractivity contribution >= 4 is 5.91 Å². The molecule has 3 heteroatoms. The van der Waals surface area contributed by atoms with Crippen LogP contribution in [0.25, 0.3) is 0 Å². The largest absolute Gasteiger partial charge is 0.352 e. The van der Waals surface area contributed by atoms with Crippen LogP contribution in [0.2, 0.25) is 0 Å². The molecule has 0 saturated heterocycles. The Morgan fingerprint density at radius 1 is 1.17 bits per heavy atom. The van der Waals surface area contributed by atoms with Gasteiger partial charge in [-0.05, 0) is 25.3 Å². The Kier molecular flexibility index (Phi) is 6.44. The zero-order valence-electron chi connectivity index (χ0n) is 11.6. The van der Waals surface area contributed by atoms with Gasteiger partial charge in [-0.3, -0.25) is 4.79 Å². The quantitative estimate of drug-likeness (QED) is 0.778. The molecule has 0 aliphatic heterocycles. The smallest absolute Gasteiger partial charge is 0.237 e. The maximum absolute atomic E-state index is 11.9. The lowest BCUT2D eigenvalue weighted by molar-refractivity contribution is -0.123. The third kappa shape index (κ3) is 4.88. The van der Waals surface area contributed by atoms with Gasteiger partial charge in [0.2, 0.25) is 5.91 Å². The van der Waals surface area contributed by atoms with E-state index < -0.39 is 0 Å². The average molecular weight is 248 g/mol. The van der Waals surface area contributed by atoms with E-state index in [4.69, 9.17) is 0 Å². The number of rotatable bonds is 7. The van der Waals surface area contributed by atoms with Crippen LogP contribution in [-0.4, -0.2) is 18.0 Å². The Labute approximate surface area is 110 Å². The van der Waals surface area contributed by atoms with Crippen molar-refractivity contribution in [1.29, 1.82) is 0 Å². The maximum atomic E-state index is 11.9. The van der Waals surface area contributed by atoms with Crippen LogP contribution in [0.15, 0.2) is 30.3 Å². The molecule has 0 saturated carbocycles. The van der Waals surface area contributed by atoms with Crippen LogP contribution in [0.4, 0.5) is 0 Å². The molecule has 1 atom stereocenters. The first kappa shape index (κ1) is 14.7. The van der Waals surface area contributed by atoms with Gasteiger partial charge in [-0.25, -0.2) is 0 Å². The molecule has 0 spiro atoms. The summed E-state index contributed by atoms with van der Waals surface area (Å²) in [5.74, 6) is 0.0830. The van der Waals surface area contributed by atoms with E-state index >= 15 is 0 Å². The van der Waals surface area contributed by atoms with Crippen molar-refractivity contribution in [3.63, 3.8) is 0 Å². The van der Waals surface area contributed by atoms with Gasteiger partial charge in [0.1, 0.15) is 0 Å². The van der Waals surface area contributed by atoms with E-state index in [-0.39, 0.29) is 11.9 Å². The normalized spacial score (nSPS) is 12.4. The van der Waals surface area contributed by atoms with Crippen LogP contribution in [0.1, 0.15) is 39.2 Å². The molecular weight excluding hydrogens is 224 g/mol. The topological polar surface area (TPSA) is 41.1 Å². The fraction of sp³-hybridized carbons (Fsp3) is 0.533. The molecule has 18 heavy (non-hydrogen) atoms. The minimum absolute atomic E-state index is 0.0830. The summed E-state index contributed by atoms with van der Waals surface area (Å²) in [6.07, 6.45) is 1.96. The van der Waals surface area contributed by atoms with Gasteiger partial charge in [-0.15, -0.1) is 0 Å². The van der Waals surface area contributed by atoms with Gasteiger partial charge in [-0.1, -0.05) is 44.2 Å². The Bertz CT molecular complexity index is 347. The molecule has 0 bridgehead atoms. The predicted molar refractivity (Wildman–Crippen MR) is 75.3 cm³/mol. The van der Waals surface area contributed by atoms with Gasteiger partial charge in [-0.2, -0.15) is 0 Å². The molecule has 1 aromatic carbocycles. The molecule has 1 rings (SSSR count). The van der Waals surface area contributed by atoms with E-state index in [1.54, 1.807) is 0 Å². The van der Waals surface area contributed by atoms with Gasteiger partial charge in [0.25, 0.3) is 0 Å². The van der Waals surface area contributed by atoms with Crippen LogP contribution in [-0.2, 0) is 11.3 Å². The van der Waals surface area contributed by atoms with E-state index in [0.717, 1.165) is 19.4 Å². The first-order chi connectivity index (χ1) is 8.67. The van der Waals surface area contributed by atoms with E-state index in [0.29, 0.717) is 6.04 Å². The molecule has 100 valence electrons. The summed E-state index contributed by atoms with van der Waals surface area (Å²) in [6, 6.07) is 10.2. The summed E-state index contributed by atoms with van der Waals surface area (Å²) >= 11 is 0. The van der Waals surface area contributed by atoms with E-state index in [1.807, 2.05) is 25.1 Å². The lowest BCUT2D eigenvalue weighted by Crippen LogP contribution is -2.45. The second kappa shape index (κ2) is 7.88. The fourth-order valence-corrected chi connectivity index (χ4v) is 1.78. The number of carbonyl (C=O) groups is 1. The SMILES string of the molecule is CCC(CC)NC(=O)C(C)NCc1ccccc1. The van der Waals surface area contributed by atoms with E-state index in [2.05, 4.69) is 36.6 Å². The molecule has 0 fully saturated rings. The molecule has 2 N–H and O–H groups in total. The second-order valence-electron chi connectivity index (χ2n) is 4.61. The molecular formula is C15H24N2O. The lowest BCUT2D eigenvalue weighted by atomic mass is 10.1. The average Bonchev–Trinajstić information content (AvgIpc) is 2.42. The van der Waals surface area contributed by atoms with Crippen LogP contribution in [0, 0.1) is 0 Å². The number of benzene rings is 1. The summed E-state index contributed by atoms with van der Waals surface area (Å²) in [7, 11) is 0. The Morgan fingerprint density at radius 2 is 1.78 bits per heavy atom. The summed E-state index contributed by atoms with van der Waals surface area (Å²) in [5.41, 5.74) is 1.19. The van der Waals surface area contributed by atoms with Crippen molar-refractivity contribution in [2.45, 2.75) is 52.2 Å². The van der Waals surface area contributed by atoms with Crippen LogP contribution >= 0.6 is 0 Å². The summed E-state index contributed by atoms with van der Waals surface area (Å²) < 4.78 is 0. The minimum Gasteiger partial charge on any atom is -0.352 e. The molecule has 0 radical (unpaired) electrons. The fourth-order valence-electron chi connectivity index (χ4n) is 1.78. The zero-order chi connectivity index (χ0) is 13.4. The van der Waals surface area contributed by atoms with Gasteiger partial charge in [0.05, 0.1) is 6.04 Å². The van der Waals surface area contributed by atoms with Crippen molar-refractivity contribution in [2.24, 2.45) is 0 Å². The number of hydrogen-bond donors (Lipinski definition) is 2. The standard InChI is InChI=1S/C15H24N2O/c1-4-14(5-2)17-15(18)12(3)16-11-13-9-7-6-8-10-13/h6-10,12,14,16H,4-5,11H2,1-3H3,(H,17,18). The van der Waals surface area contributed by atoms with Gasteiger partial charge in [0, 0.05) is 12.6 Å². The lowest BCUT2D eigenvalue weighted by Gasteiger charge is -2.19. The maximum Gasteiger partial charge on any atom is 0.237 e. The highest BCUT2D eigenvalue weighted by Crippen LogP contribution is 2.00. The number of carbonyl (C=O) groups excluding carboxylic acids is 1. The van der Waals surface area contributed by atoms with Crippen molar-refractivity contribution in [3.8, 4) is 0 Å². The first-order valence-electron chi connectivity index (χ1n) is 6.75. The second-order valence-corrected chi connectivity index (χ2v) is 4.61. The van der Waals surface area contributed by atoms with Crippen LogP contribution in [0.3, 0.4) is 0 Å². The highest BCUT2D eigenvalue weighted by molar-refractivity contribution is 5.81. The molecule has 0 aromatic heterocycles. The van der Waals surface area contributed by atoms with Gasteiger partial charge >= 0.3 is 0 Å². The van der Waals surface area contributed by atoms with Crippen LogP contribution < -0.4 is 10.6 Å². The van der Waals surface area contributed by atoms with Crippen molar-refractivity contribution in [3.05, 3.63) is 35.9 Å². The number of amides is 1. The van der Waals surface area contributed by atoms with Crippen molar-refractivity contribution < 1.29 is 4.79 Å². The van der Waals surface area contributed by atoms with Crippen LogP contribution in [0.5, 0.6) is 0 Å². The highest BCUT2D eigenvalue weighted by Gasteiger charge is 2.14. The highest BCUT2D eigenvalue weighted by atomic mass is 16.2. The third-order valence-corrected chi connectivity index (χ3v) is 3.18. The molecule has 0 heterocycles. The summed E-state index contributed by atoms with van der Waals surface area (Å²) in [5, 5.41) is 6.29. The third-order valence-electron chi connectivity index (χ3n) is 3.18. The molecule has 0 aliphatic carbocycles. The number of nitrogens with one attached hydrogen (secondary N) is 2. The van der Waals surface area contributed by atoms with E-state index in [9.17, 15) is 4.79 Å². The summed E-state index contributed by atoms with van der Waals surface area (Å²) in [4.78, 5) is 11.9. The summed E-state index contributed by atoms with van der Waals surface area (Å²) in [6.45, 7) is 6.81. The van der Waals surface area contributed by atoms with Gasteiger partial charge in [0.15, 0.2) is 0 Å². The molecule has 1 aromatic rings. The first-order valence-corrected chi connectivity index (χ1v) is 6.75.